The van der Waals surface area contributed by atoms with Gasteiger partial charge in [0.15, 0.2) is 11.5 Å². The third kappa shape index (κ3) is 26.8. The van der Waals surface area contributed by atoms with Crippen molar-refractivity contribution in [2.24, 2.45) is 0 Å². The van der Waals surface area contributed by atoms with E-state index in [0.717, 1.165) is 34.3 Å². The lowest BCUT2D eigenvalue weighted by Crippen LogP contribution is -1.93. The molecule has 0 aliphatic carbocycles. The first-order valence-electron chi connectivity index (χ1n) is 34.0. The molecule has 95 heavy (non-hydrogen) atoms. The van der Waals surface area contributed by atoms with E-state index in [-0.39, 0.29) is 0 Å². The lowest BCUT2D eigenvalue weighted by molar-refractivity contribution is 0.354. The van der Waals surface area contributed by atoms with Crippen LogP contribution in [0.2, 0.25) is 0 Å². The molecule has 0 bridgehead atoms. The maximum absolute atomic E-state index is 5.35. The molecule has 3 aromatic heterocycles. The predicted molar refractivity (Wildman–Crippen MR) is 412 cm³/mol. The summed E-state index contributed by atoms with van der Waals surface area (Å²) in [7, 11) is 3.30. The van der Waals surface area contributed by atoms with E-state index in [1.54, 1.807) is 38.0 Å². The molecule has 5 nitrogen and oxygen atoms in total. The highest BCUT2D eigenvalue weighted by Crippen LogP contribution is 2.32. The van der Waals surface area contributed by atoms with Crippen LogP contribution in [0.3, 0.4) is 0 Å². The summed E-state index contributed by atoms with van der Waals surface area (Å²) >= 11 is 1.69. The number of ether oxygens (including phenoxy) is 2. The zero-order valence-corrected chi connectivity index (χ0v) is 61.0. The van der Waals surface area contributed by atoms with E-state index in [4.69, 9.17) is 13.9 Å². The standard InChI is InChI=1S/C15H16.C14H15N.C13H14O.C12H13NS.C12H18.C12H16.C11H16O2/c1-12(2)14-9-6-10-15(11-14)13-7-4-3-5-8-13;1-11(2)12-5-3-6-13(9-12)14-7-4-8-15-10-14;1-10(2)11-5-3-6-12(9-11)13-7-4-8-14-13;1-9(2)10-4-3-5-11(8-10)12-13-6-7-14-12;2*1-4-6-11-7-5-8-12(9-11)10(2)3;1-8(2)9-5-6-10(12-3)11(7-9)13-4/h3-12H,1-2H3;3-11H,1-2H3;3-10H,1-2H3;3-9H,1-2H3;5,7-10H,4,6H2,1-3H3;4-5,7-10H,1,6H2,2-3H3;5-8H,1-4H3. The molecule has 0 atom stereocenters. The number of nitrogens with zero attached hydrogens (tertiary/aromatic N) is 2. The fraction of sp³-hybridized carbons (Fsp3) is 0.303. The summed E-state index contributed by atoms with van der Waals surface area (Å²) in [5.74, 6) is 6.61. The minimum Gasteiger partial charge on any atom is -0.493 e. The van der Waals surface area contributed by atoms with Crippen LogP contribution in [0.15, 0.2) is 266 Å². The Hall–Kier alpha value is -8.84. The van der Waals surface area contributed by atoms with E-state index in [1.165, 1.54) is 90.7 Å². The van der Waals surface area contributed by atoms with Crippen LogP contribution >= 0.6 is 11.3 Å². The number of hydrogen-bond donors (Lipinski definition) is 0. The summed E-state index contributed by atoms with van der Waals surface area (Å²) in [5, 5.41) is 3.12. The van der Waals surface area contributed by atoms with Gasteiger partial charge in [0.05, 0.1) is 20.5 Å². The van der Waals surface area contributed by atoms with Crippen LogP contribution in [-0.4, -0.2) is 24.2 Å². The van der Waals surface area contributed by atoms with Crippen molar-refractivity contribution >= 4 is 11.3 Å². The molecule has 8 aromatic carbocycles. The maximum Gasteiger partial charge on any atom is 0.160 e. The summed E-state index contributed by atoms with van der Waals surface area (Å²) in [5.41, 5.74) is 19.9. The van der Waals surface area contributed by atoms with Crippen molar-refractivity contribution in [3.63, 3.8) is 0 Å². The van der Waals surface area contributed by atoms with Gasteiger partial charge < -0.3 is 13.9 Å². The Morgan fingerprint density at radius 2 is 0.832 bits per heavy atom. The maximum atomic E-state index is 5.35. The molecule has 0 saturated carbocycles. The van der Waals surface area contributed by atoms with Crippen molar-refractivity contribution in [2.45, 2.75) is 165 Å². The Kier molecular flexibility index (Phi) is 33.8. The molecule has 0 saturated heterocycles. The van der Waals surface area contributed by atoms with Gasteiger partial charge in [-0.1, -0.05) is 292 Å². The van der Waals surface area contributed by atoms with Crippen LogP contribution in [-0.2, 0) is 12.8 Å². The lowest BCUT2D eigenvalue weighted by atomic mass is 9.98. The van der Waals surface area contributed by atoms with Gasteiger partial charge in [-0.2, -0.15) is 0 Å². The van der Waals surface area contributed by atoms with Gasteiger partial charge in [0.1, 0.15) is 10.8 Å². The van der Waals surface area contributed by atoms with Crippen molar-refractivity contribution in [1.29, 1.82) is 0 Å². The number of rotatable bonds is 17. The molecule has 0 aliphatic rings. The van der Waals surface area contributed by atoms with Gasteiger partial charge in [0.25, 0.3) is 0 Å². The first kappa shape index (κ1) is 76.9. The highest BCUT2D eigenvalue weighted by atomic mass is 32.1. The van der Waals surface area contributed by atoms with Crippen LogP contribution in [0.25, 0.3) is 44.1 Å². The Labute approximate surface area is 577 Å². The van der Waals surface area contributed by atoms with E-state index in [9.17, 15) is 0 Å². The number of furan rings is 1. The Bertz CT molecular complexity index is 3690. The number of benzene rings is 8. The quantitative estimate of drug-likeness (QED) is 0.0851. The molecule has 0 unspecified atom stereocenters. The molecule has 0 aliphatic heterocycles. The average molecular weight is 1290 g/mol. The molecule has 0 radical (unpaired) electrons. The van der Waals surface area contributed by atoms with Gasteiger partial charge >= 0.3 is 0 Å². The molecule has 3 heterocycles. The number of hydrogen-bond acceptors (Lipinski definition) is 6. The normalized spacial score (nSPS) is 10.6. The number of pyridine rings is 1. The molecule has 0 amide bonds. The van der Waals surface area contributed by atoms with Crippen molar-refractivity contribution in [1.82, 2.24) is 9.97 Å². The summed E-state index contributed by atoms with van der Waals surface area (Å²) in [6.07, 6.45) is 12.6. The van der Waals surface area contributed by atoms with Crippen molar-refractivity contribution < 1.29 is 13.9 Å². The van der Waals surface area contributed by atoms with Gasteiger partial charge in [0, 0.05) is 35.1 Å². The van der Waals surface area contributed by atoms with Crippen molar-refractivity contribution in [2.75, 3.05) is 14.2 Å². The fourth-order valence-electron chi connectivity index (χ4n) is 10.1. The highest BCUT2D eigenvalue weighted by molar-refractivity contribution is 7.13. The lowest BCUT2D eigenvalue weighted by Gasteiger charge is -2.11. The van der Waals surface area contributed by atoms with Crippen LogP contribution in [0.5, 0.6) is 11.5 Å². The van der Waals surface area contributed by atoms with Gasteiger partial charge in [0.2, 0.25) is 0 Å². The second kappa shape index (κ2) is 41.8. The minimum atomic E-state index is 0.514. The summed E-state index contributed by atoms with van der Waals surface area (Å²) in [6.45, 7) is 36.9. The van der Waals surface area contributed by atoms with Gasteiger partial charge in [-0.25, -0.2) is 4.98 Å². The van der Waals surface area contributed by atoms with E-state index < -0.39 is 0 Å². The van der Waals surface area contributed by atoms with E-state index >= 15 is 0 Å². The molecule has 11 rings (SSSR count). The first-order valence-corrected chi connectivity index (χ1v) is 34.9. The number of aromatic nitrogens is 2. The Morgan fingerprint density at radius 1 is 0.400 bits per heavy atom. The summed E-state index contributed by atoms with van der Waals surface area (Å²) < 4.78 is 15.7. The third-order valence-corrected chi connectivity index (χ3v) is 16.9. The second-order valence-electron chi connectivity index (χ2n) is 25.9. The number of allylic oxidation sites excluding steroid dienone is 1. The average Bonchev–Trinajstić information content (AvgIpc) is 2.30. The molecule has 498 valence electrons. The molecule has 0 N–H and O–H groups in total. The topological polar surface area (TPSA) is 57.4 Å². The fourth-order valence-corrected chi connectivity index (χ4v) is 10.7. The highest BCUT2D eigenvalue weighted by Gasteiger charge is 2.09. The molecular weight excluding hydrogens is 1180 g/mol. The molecule has 6 heteroatoms. The second-order valence-corrected chi connectivity index (χ2v) is 26.7. The van der Waals surface area contributed by atoms with E-state index in [1.807, 2.05) is 54.2 Å². The van der Waals surface area contributed by atoms with E-state index in [2.05, 4.69) is 308 Å². The van der Waals surface area contributed by atoms with Gasteiger partial charge in [-0.15, -0.1) is 17.9 Å². The molecule has 0 fully saturated rings. The number of methoxy groups -OCH3 is 2. The zero-order valence-electron chi connectivity index (χ0n) is 60.1. The third-order valence-electron chi connectivity index (χ3n) is 16.0. The van der Waals surface area contributed by atoms with Crippen LogP contribution in [0.4, 0.5) is 0 Å². The predicted octanol–water partition coefficient (Wildman–Crippen LogP) is 26.5. The molecular formula is C89H108N2O3S. The number of thiazole rings is 1. The SMILES string of the molecule is C=CCc1cccc(C(C)C)c1.CC(C)c1cccc(-c2ccccc2)c1.CC(C)c1cccc(-c2cccnc2)c1.CC(C)c1cccc(-c2ccco2)c1.CC(C)c1cccc(-c2nccs2)c1.CCCc1cccc(C(C)C)c1.COc1ccc(C(C)C)cc1OC. The summed E-state index contributed by atoms with van der Waals surface area (Å²) in [4.78, 5) is 8.44. The van der Waals surface area contributed by atoms with Crippen molar-refractivity contribution in [3.05, 3.63) is 311 Å². The van der Waals surface area contributed by atoms with Crippen LogP contribution in [0.1, 0.15) is 202 Å². The van der Waals surface area contributed by atoms with Crippen LogP contribution < -0.4 is 9.47 Å². The molecule has 0 spiro atoms. The largest absolute Gasteiger partial charge is 0.493 e. The Morgan fingerprint density at radius 3 is 1.28 bits per heavy atom. The van der Waals surface area contributed by atoms with Gasteiger partial charge in [-0.3, -0.25) is 4.98 Å². The Balaban J connectivity index is 0.000000201. The number of aryl methyl sites for hydroxylation is 1. The van der Waals surface area contributed by atoms with E-state index in [0.29, 0.717) is 41.4 Å². The summed E-state index contributed by atoms with van der Waals surface area (Å²) in [6, 6.07) is 76.6. The molecule has 11 aromatic rings. The smallest absolute Gasteiger partial charge is 0.160 e. The zero-order chi connectivity index (χ0) is 69.1. The van der Waals surface area contributed by atoms with Crippen molar-refractivity contribution in [3.8, 4) is 55.6 Å². The van der Waals surface area contributed by atoms with Crippen LogP contribution in [0, 0.1) is 0 Å². The minimum absolute atomic E-state index is 0.514. The van der Waals surface area contributed by atoms with Gasteiger partial charge in [-0.05, 0) is 169 Å². The first-order chi connectivity index (χ1) is 45.7. The monoisotopic (exact) mass is 1280 g/mol.